The Balaban J connectivity index is 0.00000169. The summed E-state index contributed by atoms with van der Waals surface area (Å²) < 4.78 is 10.4. The Bertz CT molecular complexity index is 614. The van der Waals surface area contributed by atoms with E-state index in [9.17, 15) is 9.90 Å². The summed E-state index contributed by atoms with van der Waals surface area (Å²) in [5.41, 5.74) is 0. The van der Waals surface area contributed by atoms with Crippen LogP contribution in [0.2, 0.25) is 0 Å². The predicted octanol–water partition coefficient (Wildman–Crippen LogP) is 1.68. The van der Waals surface area contributed by atoms with Crippen molar-refractivity contribution in [2.24, 2.45) is 0 Å². The highest BCUT2D eigenvalue weighted by atomic mass is 35.5. The van der Waals surface area contributed by atoms with Crippen molar-refractivity contribution in [3.63, 3.8) is 0 Å². The molecule has 0 spiro atoms. The number of carbonyl (C=O) groups excluding carboxylic acids is 1. The van der Waals surface area contributed by atoms with E-state index in [1.54, 1.807) is 30.7 Å². The molecule has 0 bridgehead atoms. The summed E-state index contributed by atoms with van der Waals surface area (Å²) in [6.45, 7) is 4.60. The number of furan rings is 2. The molecule has 1 unspecified atom stereocenters. The van der Waals surface area contributed by atoms with Crippen molar-refractivity contribution < 1.29 is 18.7 Å². The number of β-amino-alcohol motifs (C(OH)–C–C–N with tert-alkyl or cyclic N) is 1. The van der Waals surface area contributed by atoms with Gasteiger partial charge < -0.3 is 19.3 Å². The Labute approximate surface area is 165 Å². The number of hydrogen-bond donors (Lipinski definition) is 2. The molecule has 0 radical (unpaired) electrons. The van der Waals surface area contributed by atoms with Gasteiger partial charge in [0.05, 0.1) is 25.6 Å². The summed E-state index contributed by atoms with van der Waals surface area (Å²) in [5.74, 6) is 1.34. The zero-order chi connectivity index (χ0) is 16.8. The summed E-state index contributed by atoms with van der Waals surface area (Å²) in [5, 5.41) is 13.0. The number of nitrogens with zero attached hydrogens (tertiary/aromatic N) is 2. The van der Waals surface area contributed by atoms with Gasteiger partial charge in [0, 0.05) is 32.7 Å². The topological polar surface area (TPSA) is 82.1 Å². The van der Waals surface area contributed by atoms with E-state index in [0.717, 1.165) is 31.9 Å². The van der Waals surface area contributed by atoms with Gasteiger partial charge in [-0.3, -0.25) is 14.6 Å². The predicted molar refractivity (Wildman–Crippen MR) is 102 cm³/mol. The molecule has 26 heavy (non-hydrogen) atoms. The minimum atomic E-state index is -0.608. The summed E-state index contributed by atoms with van der Waals surface area (Å²) in [7, 11) is 0. The van der Waals surface area contributed by atoms with Crippen LogP contribution in [0.5, 0.6) is 0 Å². The first-order valence-electron chi connectivity index (χ1n) is 8.16. The van der Waals surface area contributed by atoms with Gasteiger partial charge >= 0.3 is 0 Å². The van der Waals surface area contributed by atoms with Crippen LogP contribution in [0.1, 0.15) is 17.6 Å². The standard InChI is InChI=1S/C17H23N3O4.2ClH/c21-15(16-4-2-10-24-16)12-19-5-7-20(8-6-19)13-17(22)18-11-14-3-1-9-23-14;;/h1-4,9-10,15,21H,5-8,11-13H2,(H,18,22);2*1H. The first-order chi connectivity index (χ1) is 11.7. The second kappa shape index (κ2) is 11.3. The Kier molecular flexibility index (Phi) is 9.75. The third-order valence-corrected chi connectivity index (χ3v) is 4.17. The number of halogens is 2. The highest BCUT2D eigenvalue weighted by Gasteiger charge is 2.22. The quantitative estimate of drug-likeness (QED) is 0.728. The van der Waals surface area contributed by atoms with E-state index >= 15 is 0 Å². The van der Waals surface area contributed by atoms with E-state index < -0.39 is 6.10 Å². The molecule has 2 aromatic rings. The molecule has 0 aliphatic carbocycles. The van der Waals surface area contributed by atoms with Crippen molar-refractivity contribution in [2.45, 2.75) is 12.6 Å². The van der Waals surface area contributed by atoms with Gasteiger partial charge in [0.1, 0.15) is 17.6 Å². The molecule has 1 saturated heterocycles. The maximum absolute atomic E-state index is 12.0. The molecule has 3 rings (SSSR count). The maximum Gasteiger partial charge on any atom is 0.234 e. The molecular formula is C17H25Cl2N3O4. The summed E-state index contributed by atoms with van der Waals surface area (Å²) in [4.78, 5) is 16.3. The Morgan fingerprint density at radius 3 is 2.35 bits per heavy atom. The van der Waals surface area contributed by atoms with E-state index in [2.05, 4.69) is 15.1 Å². The maximum atomic E-state index is 12.0. The van der Waals surface area contributed by atoms with Crippen LogP contribution in [0.25, 0.3) is 0 Å². The molecule has 1 atom stereocenters. The molecule has 7 nitrogen and oxygen atoms in total. The van der Waals surface area contributed by atoms with E-state index in [1.165, 1.54) is 0 Å². The van der Waals surface area contributed by atoms with Crippen LogP contribution in [0, 0.1) is 0 Å². The lowest BCUT2D eigenvalue weighted by Gasteiger charge is -2.34. The number of amides is 1. The first kappa shape index (κ1) is 22.5. The molecule has 3 heterocycles. The minimum Gasteiger partial charge on any atom is -0.467 e. The first-order valence-corrected chi connectivity index (χ1v) is 8.16. The molecule has 9 heteroatoms. The number of aliphatic hydroxyl groups is 1. The Morgan fingerprint density at radius 2 is 1.73 bits per heavy atom. The van der Waals surface area contributed by atoms with Crippen LogP contribution in [-0.2, 0) is 11.3 Å². The van der Waals surface area contributed by atoms with Gasteiger partial charge in [0.15, 0.2) is 0 Å². The van der Waals surface area contributed by atoms with Gasteiger partial charge in [-0.15, -0.1) is 24.8 Å². The summed E-state index contributed by atoms with van der Waals surface area (Å²) >= 11 is 0. The van der Waals surface area contributed by atoms with E-state index in [1.807, 2.05) is 6.07 Å². The molecular weight excluding hydrogens is 381 g/mol. The van der Waals surface area contributed by atoms with Crippen LogP contribution in [0.15, 0.2) is 45.6 Å². The fourth-order valence-corrected chi connectivity index (χ4v) is 2.80. The monoisotopic (exact) mass is 405 g/mol. The van der Waals surface area contributed by atoms with Crippen LogP contribution in [-0.4, -0.2) is 60.1 Å². The van der Waals surface area contributed by atoms with Crippen LogP contribution in [0.4, 0.5) is 0 Å². The van der Waals surface area contributed by atoms with Crippen molar-refractivity contribution in [2.75, 3.05) is 39.3 Å². The number of carbonyl (C=O) groups is 1. The van der Waals surface area contributed by atoms with Gasteiger partial charge in [-0.1, -0.05) is 0 Å². The molecule has 1 fully saturated rings. The van der Waals surface area contributed by atoms with E-state index in [-0.39, 0.29) is 30.7 Å². The molecule has 146 valence electrons. The highest BCUT2D eigenvalue weighted by molar-refractivity contribution is 5.85. The number of hydrogen-bond acceptors (Lipinski definition) is 6. The SMILES string of the molecule is Cl.Cl.O=C(CN1CCN(CC(O)c2ccco2)CC1)NCc1ccco1. The van der Waals surface area contributed by atoms with Gasteiger partial charge in [-0.25, -0.2) is 0 Å². The molecule has 0 aromatic carbocycles. The summed E-state index contributed by atoms with van der Waals surface area (Å²) in [6.07, 6.45) is 2.55. The minimum absolute atomic E-state index is 0. The van der Waals surface area contributed by atoms with Crippen molar-refractivity contribution in [3.8, 4) is 0 Å². The highest BCUT2D eigenvalue weighted by Crippen LogP contribution is 2.15. The van der Waals surface area contributed by atoms with E-state index in [0.29, 0.717) is 25.4 Å². The fraction of sp³-hybridized carbons (Fsp3) is 0.471. The third kappa shape index (κ3) is 6.66. The average Bonchev–Trinajstić information content (AvgIpc) is 3.28. The molecule has 1 aliphatic rings. The largest absolute Gasteiger partial charge is 0.467 e. The number of nitrogens with one attached hydrogen (secondary N) is 1. The van der Waals surface area contributed by atoms with Crippen molar-refractivity contribution >= 4 is 30.7 Å². The zero-order valence-corrected chi connectivity index (χ0v) is 16.0. The summed E-state index contributed by atoms with van der Waals surface area (Å²) in [6, 6.07) is 7.20. The van der Waals surface area contributed by atoms with Crippen LogP contribution < -0.4 is 5.32 Å². The van der Waals surface area contributed by atoms with Crippen molar-refractivity contribution in [3.05, 3.63) is 48.3 Å². The lowest BCUT2D eigenvalue weighted by Crippen LogP contribution is -2.50. The molecule has 1 aliphatic heterocycles. The second-order valence-electron chi connectivity index (χ2n) is 5.96. The van der Waals surface area contributed by atoms with Gasteiger partial charge in [0.2, 0.25) is 5.91 Å². The van der Waals surface area contributed by atoms with Crippen LogP contribution in [0.3, 0.4) is 0 Å². The third-order valence-electron chi connectivity index (χ3n) is 4.17. The van der Waals surface area contributed by atoms with Crippen molar-refractivity contribution in [1.82, 2.24) is 15.1 Å². The number of piperazine rings is 1. The van der Waals surface area contributed by atoms with E-state index in [4.69, 9.17) is 8.83 Å². The lowest BCUT2D eigenvalue weighted by molar-refractivity contribution is -0.123. The fourth-order valence-electron chi connectivity index (χ4n) is 2.80. The Morgan fingerprint density at radius 1 is 1.08 bits per heavy atom. The molecule has 2 N–H and O–H groups in total. The normalized spacial score (nSPS) is 16.3. The molecule has 0 saturated carbocycles. The smallest absolute Gasteiger partial charge is 0.234 e. The van der Waals surface area contributed by atoms with Crippen molar-refractivity contribution in [1.29, 1.82) is 0 Å². The average molecular weight is 406 g/mol. The van der Waals surface area contributed by atoms with Crippen LogP contribution >= 0.6 is 24.8 Å². The van der Waals surface area contributed by atoms with Gasteiger partial charge in [-0.05, 0) is 24.3 Å². The molecule has 2 aromatic heterocycles. The zero-order valence-electron chi connectivity index (χ0n) is 14.4. The van der Waals surface area contributed by atoms with Gasteiger partial charge in [-0.2, -0.15) is 0 Å². The number of aliphatic hydroxyl groups excluding tert-OH is 1. The van der Waals surface area contributed by atoms with Gasteiger partial charge in [0.25, 0.3) is 0 Å². The Hall–Kier alpha value is -1.51. The number of rotatable bonds is 7. The lowest BCUT2D eigenvalue weighted by atomic mass is 10.2. The molecule has 1 amide bonds. The second-order valence-corrected chi connectivity index (χ2v) is 5.96.